The molecule has 0 fully saturated rings. The largest absolute Gasteiger partial charge is 0.318 e. The molecular weight excluding hydrogens is 283 g/mol. The minimum absolute atomic E-state index is 0.0347. The van der Waals surface area contributed by atoms with Gasteiger partial charge in [0.1, 0.15) is 10.8 Å². The number of nitrogens with zero attached hydrogens (tertiary/aromatic N) is 1. The second-order valence-electron chi connectivity index (χ2n) is 5.46. The van der Waals surface area contributed by atoms with Crippen LogP contribution in [0.15, 0.2) is 23.6 Å². The first-order valence-electron chi connectivity index (χ1n) is 5.95. The van der Waals surface area contributed by atoms with Crippen molar-refractivity contribution in [3.63, 3.8) is 0 Å². The molecule has 102 valence electrons. The summed E-state index contributed by atoms with van der Waals surface area (Å²) in [4.78, 5) is 4.52. The van der Waals surface area contributed by atoms with Crippen LogP contribution in [0.5, 0.6) is 0 Å². The number of nitrogens with two attached hydrogens (primary N) is 1. The maximum atomic E-state index is 13.8. The van der Waals surface area contributed by atoms with Crippen molar-refractivity contribution < 1.29 is 4.39 Å². The van der Waals surface area contributed by atoms with Crippen molar-refractivity contribution in [3.8, 4) is 0 Å². The third-order valence-corrected chi connectivity index (χ3v) is 4.02. The summed E-state index contributed by atoms with van der Waals surface area (Å²) in [6.07, 6.45) is 0. The van der Waals surface area contributed by atoms with Crippen LogP contribution in [-0.2, 0) is 5.41 Å². The number of aromatic nitrogens is 1. The Morgan fingerprint density at radius 3 is 2.58 bits per heavy atom. The lowest BCUT2D eigenvalue weighted by Gasteiger charge is -2.15. The third kappa shape index (κ3) is 3.14. The molecule has 2 N–H and O–H groups in total. The number of hydrogen-bond donors (Lipinski definition) is 1. The Kier molecular flexibility index (Phi) is 3.95. The SMILES string of the molecule is CC(C)(C)c1csc(C(N)c2ccc(Cl)cc2F)n1. The number of halogens is 2. The van der Waals surface area contributed by atoms with Gasteiger partial charge in [0.15, 0.2) is 0 Å². The first-order valence-corrected chi connectivity index (χ1v) is 7.21. The molecule has 2 nitrogen and oxygen atoms in total. The molecule has 19 heavy (non-hydrogen) atoms. The molecule has 5 heteroatoms. The predicted octanol–water partition coefficient (Wildman–Crippen LogP) is 4.28. The van der Waals surface area contributed by atoms with Gasteiger partial charge < -0.3 is 5.73 Å². The van der Waals surface area contributed by atoms with E-state index in [1.54, 1.807) is 12.1 Å². The number of rotatable bonds is 2. The molecule has 2 aromatic rings. The van der Waals surface area contributed by atoms with Crippen LogP contribution in [0.1, 0.15) is 43.1 Å². The summed E-state index contributed by atoms with van der Waals surface area (Å²) in [5.41, 5.74) is 7.44. The van der Waals surface area contributed by atoms with E-state index < -0.39 is 11.9 Å². The summed E-state index contributed by atoms with van der Waals surface area (Å²) in [7, 11) is 0. The maximum absolute atomic E-state index is 13.8. The van der Waals surface area contributed by atoms with E-state index in [0.29, 0.717) is 15.6 Å². The molecule has 1 aromatic heterocycles. The molecule has 1 atom stereocenters. The molecule has 0 aliphatic rings. The van der Waals surface area contributed by atoms with Gasteiger partial charge in [-0.1, -0.05) is 38.4 Å². The molecule has 0 spiro atoms. The fraction of sp³-hybridized carbons (Fsp3) is 0.357. The van der Waals surface area contributed by atoms with Crippen LogP contribution in [0.4, 0.5) is 4.39 Å². The van der Waals surface area contributed by atoms with Crippen LogP contribution < -0.4 is 5.73 Å². The molecule has 0 saturated heterocycles. The zero-order valence-corrected chi connectivity index (χ0v) is 12.6. The predicted molar refractivity (Wildman–Crippen MR) is 78.3 cm³/mol. The first-order chi connectivity index (χ1) is 8.79. The Labute approximate surface area is 121 Å². The second kappa shape index (κ2) is 5.19. The van der Waals surface area contributed by atoms with Crippen molar-refractivity contribution in [2.24, 2.45) is 5.73 Å². The lowest BCUT2D eigenvalue weighted by molar-refractivity contribution is 0.567. The molecule has 1 heterocycles. The van der Waals surface area contributed by atoms with Crippen LogP contribution >= 0.6 is 22.9 Å². The van der Waals surface area contributed by atoms with E-state index >= 15 is 0 Å². The van der Waals surface area contributed by atoms with Gasteiger partial charge >= 0.3 is 0 Å². The standard InChI is InChI=1S/C14H16ClFN2S/c1-14(2,3)11-7-19-13(18-11)12(17)9-5-4-8(15)6-10(9)16/h4-7,12H,17H2,1-3H3. The first kappa shape index (κ1) is 14.4. The van der Waals surface area contributed by atoms with Crippen LogP contribution in [0.3, 0.4) is 0 Å². The van der Waals surface area contributed by atoms with E-state index in [1.165, 1.54) is 17.4 Å². The van der Waals surface area contributed by atoms with Crippen molar-refractivity contribution in [2.45, 2.75) is 32.2 Å². The second-order valence-corrected chi connectivity index (χ2v) is 6.79. The minimum atomic E-state index is -0.557. The lowest BCUT2D eigenvalue weighted by Crippen LogP contribution is -2.16. The van der Waals surface area contributed by atoms with Gasteiger partial charge in [0.05, 0.1) is 11.7 Å². The van der Waals surface area contributed by atoms with Crippen molar-refractivity contribution in [1.29, 1.82) is 0 Å². The summed E-state index contributed by atoms with van der Waals surface area (Å²) in [5.74, 6) is -0.396. The topological polar surface area (TPSA) is 38.9 Å². The Morgan fingerprint density at radius 1 is 1.37 bits per heavy atom. The summed E-state index contributed by atoms with van der Waals surface area (Å²) in [6, 6.07) is 3.96. The highest BCUT2D eigenvalue weighted by atomic mass is 35.5. The Hall–Kier alpha value is -0.970. The highest BCUT2D eigenvalue weighted by Crippen LogP contribution is 2.30. The Balaban J connectivity index is 2.34. The maximum Gasteiger partial charge on any atom is 0.129 e. The smallest absolute Gasteiger partial charge is 0.129 e. The molecule has 0 amide bonds. The summed E-state index contributed by atoms with van der Waals surface area (Å²) in [6.45, 7) is 6.25. The van der Waals surface area contributed by atoms with Gasteiger partial charge in [0.2, 0.25) is 0 Å². The highest BCUT2D eigenvalue weighted by Gasteiger charge is 2.22. The van der Waals surface area contributed by atoms with Crippen molar-refractivity contribution in [3.05, 3.63) is 50.7 Å². The fourth-order valence-electron chi connectivity index (χ4n) is 1.66. The molecule has 0 saturated carbocycles. The van der Waals surface area contributed by atoms with E-state index in [2.05, 4.69) is 25.8 Å². The van der Waals surface area contributed by atoms with Gasteiger partial charge in [-0.25, -0.2) is 9.37 Å². The minimum Gasteiger partial charge on any atom is -0.318 e. The van der Waals surface area contributed by atoms with Crippen LogP contribution in [0, 0.1) is 5.82 Å². The fourth-order valence-corrected chi connectivity index (χ4v) is 2.88. The molecule has 2 rings (SSSR count). The molecule has 0 bridgehead atoms. The highest BCUT2D eigenvalue weighted by molar-refractivity contribution is 7.09. The van der Waals surface area contributed by atoms with Crippen LogP contribution in [0.2, 0.25) is 5.02 Å². The molecule has 0 radical (unpaired) electrons. The van der Waals surface area contributed by atoms with Crippen molar-refractivity contribution in [1.82, 2.24) is 4.98 Å². The van der Waals surface area contributed by atoms with Gasteiger partial charge in [0, 0.05) is 21.4 Å². The summed E-state index contributed by atoms with van der Waals surface area (Å²) < 4.78 is 13.8. The number of thiazole rings is 1. The van der Waals surface area contributed by atoms with E-state index in [-0.39, 0.29) is 5.41 Å². The summed E-state index contributed by atoms with van der Waals surface area (Å²) >= 11 is 7.19. The quantitative estimate of drug-likeness (QED) is 0.898. The number of benzene rings is 1. The molecule has 0 aliphatic heterocycles. The molecule has 0 aliphatic carbocycles. The van der Waals surface area contributed by atoms with Gasteiger partial charge in [-0.2, -0.15) is 0 Å². The van der Waals surface area contributed by atoms with Gasteiger partial charge in [-0.15, -0.1) is 11.3 Å². The van der Waals surface area contributed by atoms with Crippen molar-refractivity contribution in [2.75, 3.05) is 0 Å². The van der Waals surface area contributed by atoms with Crippen molar-refractivity contribution >= 4 is 22.9 Å². The summed E-state index contributed by atoms with van der Waals surface area (Å²) in [5, 5.41) is 3.05. The average molecular weight is 299 g/mol. The third-order valence-electron chi connectivity index (χ3n) is 2.85. The normalized spacial score (nSPS) is 13.6. The van der Waals surface area contributed by atoms with Crippen LogP contribution in [-0.4, -0.2) is 4.98 Å². The molecule has 1 aromatic carbocycles. The monoisotopic (exact) mass is 298 g/mol. The Morgan fingerprint density at radius 2 is 2.05 bits per heavy atom. The van der Waals surface area contributed by atoms with E-state index in [9.17, 15) is 4.39 Å². The van der Waals surface area contributed by atoms with Crippen LogP contribution in [0.25, 0.3) is 0 Å². The van der Waals surface area contributed by atoms with E-state index in [4.69, 9.17) is 17.3 Å². The van der Waals surface area contributed by atoms with E-state index in [0.717, 1.165) is 5.69 Å². The lowest BCUT2D eigenvalue weighted by atomic mass is 9.93. The van der Waals surface area contributed by atoms with Gasteiger partial charge in [-0.05, 0) is 12.1 Å². The molecule has 1 unspecified atom stereocenters. The Bertz CT molecular complexity index is 589. The average Bonchev–Trinajstić information content (AvgIpc) is 2.76. The zero-order chi connectivity index (χ0) is 14.2. The molecular formula is C14H16ClFN2S. The van der Waals surface area contributed by atoms with Gasteiger partial charge in [-0.3, -0.25) is 0 Å². The van der Waals surface area contributed by atoms with E-state index in [1.807, 2.05) is 5.38 Å². The zero-order valence-electron chi connectivity index (χ0n) is 11.1. The number of hydrogen-bond acceptors (Lipinski definition) is 3. The van der Waals surface area contributed by atoms with Gasteiger partial charge in [0.25, 0.3) is 0 Å².